The van der Waals surface area contributed by atoms with Crippen LogP contribution < -0.4 is 5.32 Å². The maximum Gasteiger partial charge on any atom is 0.309 e. The van der Waals surface area contributed by atoms with E-state index in [-0.39, 0.29) is 5.82 Å². The van der Waals surface area contributed by atoms with Gasteiger partial charge in [-0.25, -0.2) is 4.39 Å². The van der Waals surface area contributed by atoms with Crippen LogP contribution in [0.4, 0.5) is 4.39 Å². The third-order valence-electron chi connectivity index (χ3n) is 1.96. The number of carbonyl (C=O) groups excluding carboxylic acids is 1. The third-order valence-corrected chi connectivity index (χ3v) is 1.96. The minimum Gasteiger partial charge on any atom is -0.344 e. The summed E-state index contributed by atoms with van der Waals surface area (Å²) < 4.78 is 13.3. The topological polar surface area (TPSA) is 32.3 Å². The molecule has 1 aromatic carbocycles. The van der Waals surface area contributed by atoms with Crippen LogP contribution in [-0.2, 0) is 17.9 Å². The van der Waals surface area contributed by atoms with Gasteiger partial charge in [-0.2, -0.15) is 0 Å². The Morgan fingerprint density at radius 1 is 1.47 bits per heavy atom. The highest BCUT2D eigenvalue weighted by Crippen LogP contribution is 2.11. The first kappa shape index (κ1) is 11.7. The first-order valence-electron chi connectivity index (χ1n) is 4.65. The second-order valence-corrected chi connectivity index (χ2v) is 3.62. The van der Waals surface area contributed by atoms with E-state index in [1.807, 2.05) is 19.0 Å². The van der Waals surface area contributed by atoms with E-state index in [1.54, 1.807) is 18.5 Å². The van der Waals surface area contributed by atoms with Gasteiger partial charge < -0.3 is 10.2 Å². The fraction of sp³-hybridized carbons (Fsp3) is 0.364. The van der Waals surface area contributed by atoms with Crippen LogP contribution in [0, 0.1) is 5.82 Å². The van der Waals surface area contributed by atoms with E-state index in [0.717, 1.165) is 5.56 Å². The Kier molecular flexibility index (Phi) is 4.24. The highest BCUT2D eigenvalue weighted by atomic mass is 19.1. The first-order valence-corrected chi connectivity index (χ1v) is 4.65. The lowest BCUT2D eigenvalue weighted by Crippen LogP contribution is -2.14. The fourth-order valence-electron chi connectivity index (χ4n) is 1.34. The molecule has 0 bridgehead atoms. The van der Waals surface area contributed by atoms with Crippen LogP contribution in [0.25, 0.3) is 0 Å². The van der Waals surface area contributed by atoms with E-state index in [0.29, 0.717) is 18.7 Å². The van der Waals surface area contributed by atoms with Crippen LogP contribution in [0.3, 0.4) is 0 Å². The minimum atomic E-state index is -0.220. The Balaban J connectivity index is 2.79. The van der Waals surface area contributed by atoms with Crippen LogP contribution in [0.5, 0.6) is 0 Å². The molecule has 0 aliphatic rings. The Bertz CT molecular complexity index is 339. The highest BCUT2D eigenvalue weighted by Gasteiger charge is 2.04. The summed E-state index contributed by atoms with van der Waals surface area (Å²) in [6.07, 6.45) is 1.59. The van der Waals surface area contributed by atoms with E-state index < -0.39 is 0 Å². The molecule has 1 radical (unpaired) electrons. The van der Waals surface area contributed by atoms with Gasteiger partial charge in [-0.15, -0.1) is 0 Å². The van der Waals surface area contributed by atoms with Crippen molar-refractivity contribution >= 4 is 6.41 Å². The summed E-state index contributed by atoms with van der Waals surface area (Å²) >= 11 is 0. The molecule has 0 fully saturated rings. The number of hydrogen-bond donors (Lipinski definition) is 1. The third kappa shape index (κ3) is 3.67. The van der Waals surface area contributed by atoms with Gasteiger partial charge in [0.15, 0.2) is 0 Å². The molecule has 1 aromatic rings. The van der Waals surface area contributed by atoms with Crippen LogP contribution >= 0.6 is 0 Å². The Hall–Kier alpha value is -1.42. The van der Waals surface area contributed by atoms with Gasteiger partial charge in [-0.05, 0) is 31.8 Å². The average molecular weight is 209 g/mol. The monoisotopic (exact) mass is 209 g/mol. The highest BCUT2D eigenvalue weighted by molar-refractivity contribution is 5.47. The van der Waals surface area contributed by atoms with Crippen molar-refractivity contribution in [2.75, 3.05) is 14.1 Å². The summed E-state index contributed by atoms with van der Waals surface area (Å²) in [6, 6.07) is 4.82. The molecule has 3 nitrogen and oxygen atoms in total. The molecule has 0 spiro atoms. The second-order valence-electron chi connectivity index (χ2n) is 3.62. The zero-order valence-corrected chi connectivity index (χ0v) is 8.88. The van der Waals surface area contributed by atoms with Gasteiger partial charge >= 0.3 is 6.41 Å². The van der Waals surface area contributed by atoms with E-state index in [4.69, 9.17) is 0 Å². The van der Waals surface area contributed by atoms with Crippen molar-refractivity contribution in [3.63, 3.8) is 0 Å². The van der Waals surface area contributed by atoms with Crippen molar-refractivity contribution in [2.24, 2.45) is 0 Å². The van der Waals surface area contributed by atoms with Gasteiger partial charge in [-0.3, -0.25) is 4.79 Å². The molecule has 0 atom stereocenters. The van der Waals surface area contributed by atoms with Crippen LogP contribution in [-0.4, -0.2) is 25.4 Å². The van der Waals surface area contributed by atoms with Crippen molar-refractivity contribution in [3.8, 4) is 0 Å². The molecular formula is C11H14FN2O. The zero-order valence-electron chi connectivity index (χ0n) is 8.88. The maximum absolute atomic E-state index is 13.3. The molecule has 0 aliphatic carbocycles. The molecule has 0 heterocycles. The smallest absolute Gasteiger partial charge is 0.309 e. The van der Waals surface area contributed by atoms with Gasteiger partial charge in [0.05, 0.1) is 0 Å². The Morgan fingerprint density at radius 3 is 2.80 bits per heavy atom. The Labute approximate surface area is 88.9 Å². The molecule has 0 aromatic heterocycles. The molecule has 0 unspecified atom stereocenters. The standard InChI is InChI=1S/C11H14FN2O/c1-14(2)7-10-5-9(6-13-8-15)3-4-11(10)12/h3-5H,6-7H2,1-2H3,(H,13,15). The van der Waals surface area contributed by atoms with Gasteiger partial charge in [0.1, 0.15) is 5.82 Å². The maximum atomic E-state index is 13.3. The number of halogens is 1. The molecule has 15 heavy (non-hydrogen) atoms. The van der Waals surface area contributed by atoms with Crippen molar-refractivity contribution in [3.05, 3.63) is 35.1 Å². The van der Waals surface area contributed by atoms with Gasteiger partial charge in [-0.1, -0.05) is 6.07 Å². The summed E-state index contributed by atoms with van der Waals surface area (Å²) in [5.74, 6) is -0.220. The van der Waals surface area contributed by atoms with E-state index >= 15 is 0 Å². The predicted octanol–water partition coefficient (Wildman–Crippen LogP) is 1.04. The zero-order chi connectivity index (χ0) is 11.3. The number of amides is 1. The lowest BCUT2D eigenvalue weighted by molar-refractivity contribution is 0.392. The lowest BCUT2D eigenvalue weighted by atomic mass is 10.1. The lowest BCUT2D eigenvalue weighted by Gasteiger charge is -2.11. The molecule has 0 aliphatic heterocycles. The predicted molar refractivity (Wildman–Crippen MR) is 56.3 cm³/mol. The van der Waals surface area contributed by atoms with Crippen molar-refractivity contribution in [1.82, 2.24) is 10.2 Å². The molecule has 0 saturated carbocycles. The van der Waals surface area contributed by atoms with Crippen molar-refractivity contribution in [1.29, 1.82) is 0 Å². The molecule has 81 valence electrons. The SMILES string of the molecule is CN(C)Cc1cc(CN[C]=O)ccc1F. The number of nitrogens with zero attached hydrogens (tertiary/aromatic N) is 1. The summed E-state index contributed by atoms with van der Waals surface area (Å²) in [6.45, 7) is 0.925. The van der Waals surface area contributed by atoms with E-state index in [9.17, 15) is 9.18 Å². The molecule has 1 amide bonds. The quantitative estimate of drug-likeness (QED) is 0.735. The normalized spacial score (nSPS) is 10.4. The number of nitrogens with one attached hydrogen (secondary N) is 1. The van der Waals surface area contributed by atoms with Crippen LogP contribution in [0.15, 0.2) is 18.2 Å². The van der Waals surface area contributed by atoms with Gasteiger partial charge in [0.2, 0.25) is 0 Å². The largest absolute Gasteiger partial charge is 0.344 e. The molecule has 0 saturated heterocycles. The summed E-state index contributed by atoms with van der Waals surface area (Å²) in [5.41, 5.74) is 1.50. The van der Waals surface area contributed by atoms with Crippen LogP contribution in [0.1, 0.15) is 11.1 Å². The number of hydrogen-bond acceptors (Lipinski definition) is 2. The molecular weight excluding hydrogens is 195 g/mol. The van der Waals surface area contributed by atoms with Gasteiger partial charge in [0.25, 0.3) is 0 Å². The van der Waals surface area contributed by atoms with Crippen molar-refractivity contribution in [2.45, 2.75) is 13.1 Å². The minimum absolute atomic E-state index is 0.220. The number of rotatable bonds is 5. The molecule has 1 rings (SSSR count). The summed E-state index contributed by atoms with van der Waals surface area (Å²) in [4.78, 5) is 11.9. The Morgan fingerprint density at radius 2 is 2.20 bits per heavy atom. The summed E-state index contributed by atoms with van der Waals surface area (Å²) in [5, 5.41) is 2.42. The number of benzene rings is 1. The van der Waals surface area contributed by atoms with Crippen LogP contribution in [0.2, 0.25) is 0 Å². The summed E-state index contributed by atoms with van der Waals surface area (Å²) in [7, 11) is 3.76. The second kappa shape index (κ2) is 5.46. The average Bonchev–Trinajstić information content (AvgIpc) is 2.18. The van der Waals surface area contributed by atoms with Gasteiger partial charge in [0, 0.05) is 18.7 Å². The first-order chi connectivity index (χ1) is 7.13. The van der Waals surface area contributed by atoms with Crippen molar-refractivity contribution < 1.29 is 9.18 Å². The molecule has 4 heteroatoms. The molecule has 1 N–H and O–H groups in total. The fourth-order valence-corrected chi connectivity index (χ4v) is 1.34. The van der Waals surface area contributed by atoms with E-state index in [1.165, 1.54) is 6.07 Å². The van der Waals surface area contributed by atoms with E-state index in [2.05, 4.69) is 5.32 Å².